The molecule has 0 aromatic heterocycles. The number of hydrogen-bond donors (Lipinski definition) is 0. The van der Waals surface area contributed by atoms with Gasteiger partial charge >= 0.3 is 0 Å². The van der Waals surface area contributed by atoms with E-state index in [4.69, 9.17) is 4.74 Å². The van der Waals surface area contributed by atoms with Gasteiger partial charge in [-0.2, -0.15) is 0 Å². The van der Waals surface area contributed by atoms with E-state index in [2.05, 4.69) is 6.58 Å². The van der Waals surface area contributed by atoms with Gasteiger partial charge in [0.2, 0.25) is 5.91 Å². The molecule has 0 aliphatic rings. The summed E-state index contributed by atoms with van der Waals surface area (Å²) in [6, 6.07) is 0. The molecule has 76 valence electrons. The summed E-state index contributed by atoms with van der Waals surface area (Å²) in [6.07, 6.45) is 1.72. The lowest BCUT2D eigenvalue weighted by Gasteiger charge is -2.34. The highest BCUT2D eigenvalue weighted by atomic mass is 16.5. The first kappa shape index (κ1) is 12.2. The van der Waals surface area contributed by atoms with Crippen LogP contribution < -0.4 is 0 Å². The zero-order valence-electron chi connectivity index (χ0n) is 8.96. The number of ether oxygens (including phenoxy) is 1. The molecular formula is C10H19NO2. The second kappa shape index (κ2) is 5.02. The average Bonchev–Trinajstić information content (AvgIpc) is 1.98. The number of carbonyl (C=O) groups excluding carboxylic acids is 1. The van der Waals surface area contributed by atoms with Crippen molar-refractivity contribution in [1.82, 2.24) is 4.90 Å². The topological polar surface area (TPSA) is 29.5 Å². The molecule has 0 saturated heterocycles. The number of methoxy groups -OCH3 is 1. The van der Waals surface area contributed by atoms with Crippen LogP contribution in [0, 0.1) is 0 Å². The standard InChI is InChI=1S/C10H19NO2/c1-6-7-11(10(2,3)4)9(12)8-13-5/h6H,1,7-8H2,2-5H3. The van der Waals surface area contributed by atoms with Crippen molar-refractivity contribution >= 4 is 5.91 Å². The summed E-state index contributed by atoms with van der Waals surface area (Å²) in [4.78, 5) is 13.3. The van der Waals surface area contributed by atoms with Gasteiger partial charge in [-0.1, -0.05) is 6.08 Å². The van der Waals surface area contributed by atoms with Gasteiger partial charge in [0.05, 0.1) is 0 Å². The van der Waals surface area contributed by atoms with Crippen LogP contribution >= 0.6 is 0 Å². The van der Waals surface area contributed by atoms with Crippen molar-refractivity contribution in [2.75, 3.05) is 20.3 Å². The Bertz CT molecular complexity index is 182. The molecule has 0 rings (SSSR count). The van der Waals surface area contributed by atoms with Crippen molar-refractivity contribution in [3.63, 3.8) is 0 Å². The van der Waals surface area contributed by atoms with Gasteiger partial charge in [0.1, 0.15) is 6.61 Å². The molecule has 0 saturated carbocycles. The molecule has 13 heavy (non-hydrogen) atoms. The molecule has 3 heteroatoms. The first-order valence-corrected chi connectivity index (χ1v) is 4.33. The largest absolute Gasteiger partial charge is 0.375 e. The minimum Gasteiger partial charge on any atom is -0.375 e. The van der Waals surface area contributed by atoms with E-state index >= 15 is 0 Å². The van der Waals surface area contributed by atoms with Crippen LogP contribution in [0.5, 0.6) is 0 Å². The Hall–Kier alpha value is -0.830. The molecule has 0 bridgehead atoms. The number of amides is 1. The van der Waals surface area contributed by atoms with Gasteiger partial charge in [-0.25, -0.2) is 0 Å². The highest BCUT2D eigenvalue weighted by Gasteiger charge is 2.24. The number of rotatable bonds is 4. The maximum Gasteiger partial charge on any atom is 0.249 e. The predicted molar refractivity (Wildman–Crippen MR) is 53.5 cm³/mol. The van der Waals surface area contributed by atoms with Gasteiger partial charge in [0.25, 0.3) is 0 Å². The number of nitrogens with zero attached hydrogens (tertiary/aromatic N) is 1. The lowest BCUT2D eigenvalue weighted by Crippen LogP contribution is -2.47. The molecule has 3 nitrogen and oxygen atoms in total. The van der Waals surface area contributed by atoms with Gasteiger partial charge in [-0.05, 0) is 20.8 Å². The molecule has 1 amide bonds. The van der Waals surface area contributed by atoms with Crippen molar-refractivity contribution in [3.05, 3.63) is 12.7 Å². The smallest absolute Gasteiger partial charge is 0.249 e. The van der Waals surface area contributed by atoms with Gasteiger partial charge in [0, 0.05) is 19.2 Å². The van der Waals surface area contributed by atoms with E-state index in [0.29, 0.717) is 6.54 Å². The Morgan fingerprint density at radius 2 is 2.08 bits per heavy atom. The fourth-order valence-corrected chi connectivity index (χ4v) is 1.08. The van der Waals surface area contributed by atoms with Gasteiger partial charge in [-0.3, -0.25) is 4.79 Å². The summed E-state index contributed by atoms with van der Waals surface area (Å²) in [5, 5.41) is 0. The van der Waals surface area contributed by atoms with Gasteiger partial charge in [-0.15, -0.1) is 6.58 Å². The van der Waals surface area contributed by atoms with E-state index < -0.39 is 0 Å². The van der Waals surface area contributed by atoms with Gasteiger partial charge < -0.3 is 9.64 Å². The van der Waals surface area contributed by atoms with Crippen molar-refractivity contribution in [2.24, 2.45) is 0 Å². The van der Waals surface area contributed by atoms with E-state index in [1.54, 1.807) is 11.0 Å². The van der Waals surface area contributed by atoms with Crippen molar-refractivity contribution in [1.29, 1.82) is 0 Å². The minimum absolute atomic E-state index is 0.00472. The molecule has 0 aromatic rings. The lowest BCUT2D eigenvalue weighted by atomic mass is 10.1. The molecule has 0 spiro atoms. The molecule has 0 aromatic carbocycles. The highest BCUT2D eigenvalue weighted by Crippen LogP contribution is 2.13. The van der Waals surface area contributed by atoms with E-state index in [-0.39, 0.29) is 18.1 Å². The molecule has 0 unspecified atom stereocenters. The average molecular weight is 185 g/mol. The summed E-state index contributed by atoms with van der Waals surface area (Å²) in [7, 11) is 1.52. The second-order valence-corrected chi connectivity index (χ2v) is 3.90. The Kier molecular flexibility index (Phi) is 4.70. The number of carbonyl (C=O) groups is 1. The maximum atomic E-state index is 11.5. The van der Waals surface area contributed by atoms with Gasteiger partial charge in [0.15, 0.2) is 0 Å². The molecule has 0 aliphatic carbocycles. The summed E-state index contributed by atoms with van der Waals surface area (Å²) in [5.74, 6) is -0.00472. The van der Waals surface area contributed by atoms with Crippen LogP contribution in [0.25, 0.3) is 0 Å². The third kappa shape index (κ3) is 4.08. The van der Waals surface area contributed by atoms with E-state index in [0.717, 1.165) is 0 Å². The first-order valence-electron chi connectivity index (χ1n) is 4.33. The zero-order chi connectivity index (χ0) is 10.5. The van der Waals surface area contributed by atoms with E-state index in [9.17, 15) is 4.79 Å². The van der Waals surface area contributed by atoms with Crippen LogP contribution in [0.2, 0.25) is 0 Å². The minimum atomic E-state index is -0.177. The van der Waals surface area contributed by atoms with E-state index in [1.807, 2.05) is 20.8 Å². The van der Waals surface area contributed by atoms with Crippen LogP contribution in [-0.4, -0.2) is 36.6 Å². The lowest BCUT2D eigenvalue weighted by molar-refractivity contribution is -0.139. The summed E-state index contributed by atoms with van der Waals surface area (Å²) in [5.41, 5.74) is -0.177. The Morgan fingerprint density at radius 1 is 1.54 bits per heavy atom. The fourth-order valence-electron chi connectivity index (χ4n) is 1.08. The Balaban J connectivity index is 4.41. The predicted octanol–water partition coefficient (Wildman–Crippen LogP) is 1.45. The van der Waals surface area contributed by atoms with Crippen molar-refractivity contribution in [2.45, 2.75) is 26.3 Å². The van der Waals surface area contributed by atoms with Crippen LogP contribution in [0.4, 0.5) is 0 Å². The van der Waals surface area contributed by atoms with Crippen LogP contribution in [0.3, 0.4) is 0 Å². The highest BCUT2D eigenvalue weighted by molar-refractivity contribution is 5.78. The monoisotopic (exact) mass is 185 g/mol. The van der Waals surface area contributed by atoms with Crippen LogP contribution in [0.1, 0.15) is 20.8 Å². The van der Waals surface area contributed by atoms with Crippen LogP contribution in [0.15, 0.2) is 12.7 Å². The summed E-state index contributed by atoms with van der Waals surface area (Å²) in [6.45, 7) is 10.3. The third-order valence-electron chi connectivity index (χ3n) is 1.69. The summed E-state index contributed by atoms with van der Waals surface area (Å²) < 4.78 is 4.80. The zero-order valence-corrected chi connectivity index (χ0v) is 8.96. The quantitative estimate of drug-likeness (QED) is 0.620. The van der Waals surface area contributed by atoms with Crippen molar-refractivity contribution < 1.29 is 9.53 Å². The maximum absolute atomic E-state index is 11.5. The third-order valence-corrected chi connectivity index (χ3v) is 1.69. The van der Waals surface area contributed by atoms with Crippen LogP contribution in [-0.2, 0) is 9.53 Å². The SMILES string of the molecule is C=CCN(C(=O)COC)C(C)(C)C. The molecule has 0 radical (unpaired) electrons. The Morgan fingerprint density at radius 3 is 2.38 bits per heavy atom. The van der Waals surface area contributed by atoms with E-state index in [1.165, 1.54) is 7.11 Å². The molecule has 0 aliphatic heterocycles. The number of hydrogen-bond acceptors (Lipinski definition) is 2. The Labute approximate surface area is 80.4 Å². The summed E-state index contributed by atoms with van der Waals surface area (Å²) >= 11 is 0. The molecular weight excluding hydrogens is 166 g/mol. The normalized spacial score (nSPS) is 11.1. The molecule has 0 heterocycles. The molecule has 0 fully saturated rings. The molecule has 0 atom stereocenters. The molecule has 0 N–H and O–H groups in total. The fraction of sp³-hybridized carbons (Fsp3) is 0.700. The van der Waals surface area contributed by atoms with Crippen molar-refractivity contribution in [3.8, 4) is 0 Å². The first-order chi connectivity index (χ1) is 5.93. The second-order valence-electron chi connectivity index (χ2n) is 3.90.